The van der Waals surface area contributed by atoms with Gasteiger partial charge in [-0.15, -0.1) is 0 Å². The summed E-state index contributed by atoms with van der Waals surface area (Å²) in [5.74, 6) is -3.13. The van der Waals surface area contributed by atoms with Gasteiger partial charge in [-0.05, 0) is 24.3 Å². The number of carbonyl (C=O) groups excluding carboxylic acids is 4. The van der Waals surface area contributed by atoms with Crippen LogP contribution in [-0.4, -0.2) is 56.8 Å². The van der Waals surface area contributed by atoms with Crippen LogP contribution in [0.3, 0.4) is 0 Å². The zero-order chi connectivity index (χ0) is 23.2. The summed E-state index contributed by atoms with van der Waals surface area (Å²) in [6.45, 7) is 0. The molecule has 9 heteroatoms. The Labute approximate surface area is 182 Å². The van der Waals surface area contributed by atoms with Crippen LogP contribution in [0.4, 0.5) is 0 Å². The number of benzene rings is 2. The maximum atomic E-state index is 13.6. The van der Waals surface area contributed by atoms with Crippen LogP contribution in [0, 0.1) is 0 Å². The number of rotatable bonds is 4. The second-order valence-corrected chi connectivity index (χ2v) is 7.02. The van der Waals surface area contributed by atoms with Gasteiger partial charge in [0.05, 0.1) is 45.2 Å². The molecular formula is C23H19NO8. The molecule has 0 aliphatic carbocycles. The predicted octanol–water partition coefficient (Wildman–Crippen LogP) is 2.07. The molecule has 0 N–H and O–H groups in total. The monoisotopic (exact) mass is 437 g/mol. The molecule has 0 fully saturated rings. The predicted molar refractivity (Wildman–Crippen MR) is 111 cm³/mol. The van der Waals surface area contributed by atoms with Gasteiger partial charge in [0.15, 0.2) is 0 Å². The summed E-state index contributed by atoms with van der Waals surface area (Å²) < 4.78 is 21.5. The van der Waals surface area contributed by atoms with Gasteiger partial charge < -0.3 is 18.9 Å². The molecule has 0 radical (unpaired) electrons. The number of hydrogen-bond acceptors (Lipinski definition) is 8. The number of fused-ring (bicyclic) bond motifs is 4. The summed E-state index contributed by atoms with van der Waals surface area (Å²) in [6, 6.07) is 10.9. The molecule has 2 heterocycles. The third-order valence-corrected chi connectivity index (χ3v) is 5.67. The molecular weight excluding hydrogens is 418 g/mol. The van der Waals surface area contributed by atoms with Gasteiger partial charge in [-0.2, -0.15) is 0 Å². The van der Waals surface area contributed by atoms with E-state index in [0.29, 0.717) is 10.9 Å². The molecule has 3 aromatic rings. The molecule has 164 valence electrons. The van der Waals surface area contributed by atoms with Crippen molar-refractivity contribution in [2.75, 3.05) is 28.4 Å². The fourth-order valence-corrected chi connectivity index (χ4v) is 4.31. The Morgan fingerprint density at radius 2 is 1.53 bits per heavy atom. The molecule has 0 spiro atoms. The van der Waals surface area contributed by atoms with E-state index >= 15 is 0 Å². The molecule has 0 atom stereocenters. The minimum absolute atomic E-state index is 0.0130. The number of esters is 3. The van der Waals surface area contributed by atoms with Gasteiger partial charge in [0, 0.05) is 16.5 Å². The summed E-state index contributed by atoms with van der Waals surface area (Å²) in [4.78, 5) is 53.4. The summed E-state index contributed by atoms with van der Waals surface area (Å²) >= 11 is 0. The third-order valence-electron chi connectivity index (χ3n) is 5.67. The number of nitrogens with zero attached hydrogens (tertiary/aromatic N) is 1. The molecule has 0 saturated carbocycles. The highest BCUT2D eigenvalue weighted by Gasteiger charge is 2.60. The molecule has 0 unspecified atom stereocenters. The van der Waals surface area contributed by atoms with Gasteiger partial charge in [0.1, 0.15) is 5.75 Å². The molecule has 0 saturated heterocycles. The van der Waals surface area contributed by atoms with Crippen molar-refractivity contribution in [2.45, 2.75) is 5.41 Å². The Bertz CT molecular complexity index is 1290. The standard InChI is InChI=1S/C23H19NO8/c1-29-12-9-10-13-15(11-12)23(21(27)31-3,22(28)32-4)18-17(20(26)30-2)14-7-5-6-8-16(14)24(18)19(13)25/h5-11H,1-4H3. The van der Waals surface area contributed by atoms with E-state index < -0.39 is 29.2 Å². The minimum Gasteiger partial charge on any atom is -0.497 e. The molecule has 32 heavy (non-hydrogen) atoms. The van der Waals surface area contributed by atoms with Crippen LogP contribution in [0.1, 0.15) is 32.0 Å². The van der Waals surface area contributed by atoms with E-state index in [1.165, 1.54) is 37.0 Å². The lowest BCUT2D eigenvalue weighted by molar-refractivity contribution is -0.159. The minimum atomic E-state index is -2.29. The van der Waals surface area contributed by atoms with E-state index in [0.717, 1.165) is 14.2 Å². The lowest BCUT2D eigenvalue weighted by atomic mass is 9.71. The van der Waals surface area contributed by atoms with Crippen LogP contribution < -0.4 is 4.74 Å². The number of methoxy groups -OCH3 is 4. The fraction of sp³-hybridized carbons (Fsp3) is 0.217. The molecule has 1 aliphatic heterocycles. The van der Waals surface area contributed by atoms with E-state index in [2.05, 4.69) is 0 Å². The van der Waals surface area contributed by atoms with E-state index in [1.54, 1.807) is 24.3 Å². The van der Waals surface area contributed by atoms with Crippen molar-refractivity contribution in [2.24, 2.45) is 0 Å². The van der Waals surface area contributed by atoms with Crippen molar-refractivity contribution in [3.8, 4) is 5.75 Å². The highest BCUT2D eigenvalue weighted by molar-refractivity contribution is 6.22. The Morgan fingerprint density at radius 1 is 0.875 bits per heavy atom. The zero-order valence-electron chi connectivity index (χ0n) is 17.8. The largest absolute Gasteiger partial charge is 0.497 e. The zero-order valence-corrected chi connectivity index (χ0v) is 17.8. The van der Waals surface area contributed by atoms with Gasteiger partial charge in [-0.25, -0.2) is 4.79 Å². The molecule has 0 amide bonds. The van der Waals surface area contributed by atoms with Crippen LogP contribution in [0.2, 0.25) is 0 Å². The van der Waals surface area contributed by atoms with Crippen molar-refractivity contribution in [1.82, 2.24) is 4.57 Å². The maximum absolute atomic E-state index is 13.6. The number of hydrogen-bond donors (Lipinski definition) is 0. The number of ether oxygens (including phenoxy) is 4. The van der Waals surface area contributed by atoms with E-state index in [4.69, 9.17) is 18.9 Å². The van der Waals surface area contributed by atoms with Crippen LogP contribution in [-0.2, 0) is 29.2 Å². The highest BCUT2D eigenvalue weighted by Crippen LogP contribution is 2.47. The normalized spacial score (nSPS) is 13.7. The smallest absolute Gasteiger partial charge is 0.340 e. The second kappa shape index (κ2) is 7.52. The average molecular weight is 437 g/mol. The summed E-state index contributed by atoms with van der Waals surface area (Å²) in [5, 5.41) is 0.333. The lowest BCUT2D eigenvalue weighted by Gasteiger charge is -2.35. The van der Waals surface area contributed by atoms with Crippen molar-refractivity contribution in [3.05, 3.63) is 64.8 Å². The van der Waals surface area contributed by atoms with Gasteiger partial charge in [0.25, 0.3) is 5.91 Å². The van der Waals surface area contributed by atoms with Crippen LogP contribution in [0.15, 0.2) is 42.5 Å². The highest BCUT2D eigenvalue weighted by atomic mass is 16.5. The van der Waals surface area contributed by atoms with Crippen LogP contribution in [0.5, 0.6) is 5.75 Å². The van der Waals surface area contributed by atoms with Gasteiger partial charge in [0.2, 0.25) is 5.41 Å². The number of para-hydroxylation sites is 1. The topological polar surface area (TPSA) is 110 Å². The molecule has 0 bridgehead atoms. The molecule has 1 aromatic heterocycles. The first kappa shape index (κ1) is 21.1. The first-order chi connectivity index (χ1) is 15.4. The average Bonchev–Trinajstić information content (AvgIpc) is 3.18. The Balaban J connectivity index is 2.32. The van der Waals surface area contributed by atoms with Crippen molar-refractivity contribution in [1.29, 1.82) is 0 Å². The summed E-state index contributed by atoms with van der Waals surface area (Å²) in [5.41, 5.74) is -2.22. The summed E-state index contributed by atoms with van der Waals surface area (Å²) in [6.07, 6.45) is 0. The lowest BCUT2D eigenvalue weighted by Crippen LogP contribution is -2.52. The fourth-order valence-electron chi connectivity index (χ4n) is 4.31. The van der Waals surface area contributed by atoms with Crippen LogP contribution >= 0.6 is 0 Å². The van der Waals surface area contributed by atoms with E-state index in [-0.39, 0.29) is 28.1 Å². The Kier molecular flexibility index (Phi) is 4.96. The molecule has 2 aromatic carbocycles. The Hall–Kier alpha value is -4.14. The Morgan fingerprint density at radius 3 is 2.12 bits per heavy atom. The third kappa shape index (κ3) is 2.51. The number of aromatic nitrogens is 1. The van der Waals surface area contributed by atoms with Crippen molar-refractivity contribution >= 4 is 34.7 Å². The first-order valence-corrected chi connectivity index (χ1v) is 9.50. The van der Waals surface area contributed by atoms with Crippen molar-refractivity contribution < 1.29 is 38.1 Å². The molecule has 4 rings (SSSR count). The van der Waals surface area contributed by atoms with Gasteiger partial charge in [-0.1, -0.05) is 18.2 Å². The molecule has 1 aliphatic rings. The van der Waals surface area contributed by atoms with Crippen LogP contribution in [0.25, 0.3) is 10.9 Å². The van der Waals surface area contributed by atoms with Gasteiger partial charge >= 0.3 is 17.9 Å². The SMILES string of the molecule is COC(=O)c1c2n(c3ccccc13)C(=O)c1ccc(OC)cc1C2(C(=O)OC)C(=O)OC. The molecule has 9 nitrogen and oxygen atoms in total. The van der Waals surface area contributed by atoms with E-state index in [9.17, 15) is 19.2 Å². The van der Waals surface area contributed by atoms with Crippen molar-refractivity contribution in [3.63, 3.8) is 0 Å². The summed E-state index contributed by atoms with van der Waals surface area (Å²) in [7, 11) is 4.78. The first-order valence-electron chi connectivity index (χ1n) is 9.50. The maximum Gasteiger partial charge on any atom is 0.340 e. The number of carbonyl (C=O) groups is 4. The van der Waals surface area contributed by atoms with Gasteiger partial charge in [-0.3, -0.25) is 19.0 Å². The second-order valence-electron chi connectivity index (χ2n) is 7.02. The van der Waals surface area contributed by atoms with E-state index in [1.807, 2.05) is 0 Å². The quantitative estimate of drug-likeness (QED) is 0.347.